The van der Waals surface area contributed by atoms with Crippen molar-refractivity contribution in [3.63, 3.8) is 0 Å². The predicted molar refractivity (Wildman–Crippen MR) is 107 cm³/mol. The van der Waals surface area contributed by atoms with Crippen LogP contribution in [-0.2, 0) is 4.79 Å². The van der Waals surface area contributed by atoms with Gasteiger partial charge >= 0.3 is 0 Å². The van der Waals surface area contributed by atoms with Crippen LogP contribution in [0.4, 0.5) is 5.82 Å². The first kappa shape index (κ1) is 20.0. The molecule has 4 N–H and O–H groups in total. The number of aliphatic imine (C=N–C) groups is 1. The van der Waals surface area contributed by atoms with Crippen molar-refractivity contribution in [3.05, 3.63) is 57.7 Å². The number of carbonyl (C=O) groups excluding carboxylic acids is 1. The Kier molecular flexibility index (Phi) is 7.24. The number of benzene rings is 1. The molecule has 0 radical (unpaired) electrons. The summed E-state index contributed by atoms with van der Waals surface area (Å²) in [5, 5.41) is 6.89. The van der Waals surface area contributed by atoms with Gasteiger partial charge in [0, 0.05) is 22.2 Å². The third-order valence-electron chi connectivity index (χ3n) is 3.57. The molecule has 2 rings (SSSR count). The molecule has 138 valence electrons. The van der Waals surface area contributed by atoms with Gasteiger partial charge < -0.3 is 16.4 Å². The fourth-order valence-electron chi connectivity index (χ4n) is 2.29. The number of hydrogen-bond acceptors (Lipinski definition) is 3. The van der Waals surface area contributed by atoms with E-state index in [0.29, 0.717) is 15.9 Å². The van der Waals surface area contributed by atoms with E-state index in [1.54, 1.807) is 18.2 Å². The SMILES string of the molecule is Cc1cccc(NC(=O)CCN=C(N)NC(C)c2ccc(Cl)cc2Cl)n1. The molecule has 1 unspecified atom stereocenters. The average Bonchev–Trinajstić information content (AvgIpc) is 2.54. The molecule has 8 heteroatoms. The van der Waals surface area contributed by atoms with Crippen LogP contribution in [0, 0.1) is 6.92 Å². The highest BCUT2D eigenvalue weighted by molar-refractivity contribution is 6.35. The summed E-state index contributed by atoms with van der Waals surface area (Å²) in [6.45, 7) is 4.03. The van der Waals surface area contributed by atoms with Crippen molar-refractivity contribution in [3.8, 4) is 0 Å². The Morgan fingerprint density at radius 3 is 2.77 bits per heavy atom. The van der Waals surface area contributed by atoms with E-state index in [1.807, 2.05) is 32.0 Å². The van der Waals surface area contributed by atoms with E-state index >= 15 is 0 Å². The van der Waals surface area contributed by atoms with Gasteiger partial charge in [-0.3, -0.25) is 9.79 Å². The molecule has 26 heavy (non-hydrogen) atoms. The lowest BCUT2D eigenvalue weighted by molar-refractivity contribution is -0.116. The zero-order chi connectivity index (χ0) is 19.1. The highest BCUT2D eigenvalue weighted by Gasteiger charge is 2.11. The quantitative estimate of drug-likeness (QED) is 0.515. The Balaban J connectivity index is 1.83. The van der Waals surface area contributed by atoms with Gasteiger partial charge in [-0.15, -0.1) is 0 Å². The highest BCUT2D eigenvalue weighted by atomic mass is 35.5. The van der Waals surface area contributed by atoms with Crippen molar-refractivity contribution in [2.24, 2.45) is 10.7 Å². The van der Waals surface area contributed by atoms with Crippen LogP contribution in [0.15, 0.2) is 41.4 Å². The van der Waals surface area contributed by atoms with E-state index in [-0.39, 0.29) is 30.9 Å². The molecule has 1 atom stereocenters. The molecule has 1 heterocycles. The van der Waals surface area contributed by atoms with Crippen LogP contribution >= 0.6 is 23.2 Å². The summed E-state index contributed by atoms with van der Waals surface area (Å²) < 4.78 is 0. The summed E-state index contributed by atoms with van der Waals surface area (Å²) in [6.07, 6.45) is 0.202. The van der Waals surface area contributed by atoms with Gasteiger partial charge in [-0.1, -0.05) is 35.3 Å². The molecule has 0 aliphatic heterocycles. The van der Waals surface area contributed by atoms with Gasteiger partial charge in [0.25, 0.3) is 0 Å². The van der Waals surface area contributed by atoms with E-state index in [0.717, 1.165) is 11.3 Å². The first-order valence-electron chi connectivity index (χ1n) is 8.10. The molecule has 0 aliphatic carbocycles. The molecular formula is C18H21Cl2N5O. The third kappa shape index (κ3) is 6.20. The Morgan fingerprint density at radius 2 is 2.08 bits per heavy atom. The van der Waals surface area contributed by atoms with Crippen molar-refractivity contribution >= 4 is 40.9 Å². The van der Waals surface area contributed by atoms with Gasteiger partial charge in [-0.2, -0.15) is 0 Å². The molecule has 1 amide bonds. The average molecular weight is 394 g/mol. The number of pyridine rings is 1. The number of carbonyl (C=O) groups is 1. The Labute approximate surface area is 162 Å². The Bertz CT molecular complexity index is 810. The number of aryl methyl sites for hydroxylation is 1. The molecular weight excluding hydrogens is 373 g/mol. The lowest BCUT2D eigenvalue weighted by atomic mass is 10.1. The second-order valence-corrected chi connectivity index (χ2v) is 6.60. The Morgan fingerprint density at radius 1 is 1.31 bits per heavy atom. The number of nitrogens with two attached hydrogens (primary N) is 1. The van der Waals surface area contributed by atoms with E-state index in [2.05, 4.69) is 20.6 Å². The third-order valence-corrected chi connectivity index (χ3v) is 4.13. The van der Waals surface area contributed by atoms with Crippen LogP contribution < -0.4 is 16.4 Å². The summed E-state index contributed by atoms with van der Waals surface area (Å²) in [6, 6.07) is 10.6. The number of nitrogens with one attached hydrogen (secondary N) is 2. The minimum absolute atomic E-state index is 0.145. The maximum atomic E-state index is 11.9. The maximum Gasteiger partial charge on any atom is 0.227 e. The van der Waals surface area contributed by atoms with Crippen LogP contribution in [0.25, 0.3) is 0 Å². The Hall–Kier alpha value is -2.31. The van der Waals surface area contributed by atoms with Gasteiger partial charge in [-0.05, 0) is 43.7 Å². The summed E-state index contributed by atoms with van der Waals surface area (Å²) in [5.41, 5.74) is 7.57. The summed E-state index contributed by atoms with van der Waals surface area (Å²) >= 11 is 12.1. The zero-order valence-electron chi connectivity index (χ0n) is 14.6. The fourth-order valence-corrected chi connectivity index (χ4v) is 2.87. The van der Waals surface area contributed by atoms with Gasteiger partial charge in [0.05, 0.1) is 12.6 Å². The van der Waals surface area contributed by atoms with Gasteiger partial charge in [0.15, 0.2) is 5.96 Å². The molecule has 0 saturated carbocycles. The number of aromatic nitrogens is 1. The molecule has 1 aromatic carbocycles. The van der Waals surface area contributed by atoms with Gasteiger partial charge in [0.1, 0.15) is 5.82 Å². The second kappa shape index (κ2) is 9.40. The molecule has 6 nitrogen and oxygen atoms in total. The van der Waals surface area contributed by atoms with E-state index < -0.39 is 0 Å². The first-order valence-corrected chi connectivity index (χ1v) is 8.85. The van der Waals surface area contributed by atoms with Crippen molar-refractivity contribution in [1.29, 1.82) is 0 Å². The van der Waals surface area contributed by atoms with Crippen molar-refractivity contribution in [1.82, 2.24) is 10.3 Å². The lowest BCUT2D eigenvalue weighted by Crippen LogP contribution is -2.34. The zero-order valence-corrected chi connectivity index (χ0v) is 16.1. The normalized spacial score (nSPS) is 12.5. The van der Waals surface area contributed by atoms with Crippen LogP contribution in [0.3, 0.4) is 0 Å². The molecule has 2 aromatic rings. The summed E-state index contributed by atoms with van der Waals surface area (Å²) in [5.74, 6) is 0.592. The van der Waals surface area contributed by atoms with Crippen LogP contribution in [0.1, 0.15) is 30.6 Å². The van der Waals surface area contributed by atoms with E-state index in [1.165, 1.54) is 0 Å². The largest absolute Gasteiger partial charge is 0.370 e. The summed E-state index contributed by atoms with van der Waals surface area (Å²) in [4.78, 5) is 20.3. The second-order valence-electron chi connectivity index (χ2n) is 5.76. The number of halogens is 2. The number of rotatable bonds is 6. The lowest BCUT2D eigenvalue weighted by Gasteiger charge is -2.16. The minimum atomic E-state index is -0.173. The van der Waals surface area contributed by atoms with Crippen molar-refractivity contribution in [2.75, 3.05) is 11.9 Å². The number of anilines is 1. The molecule has 1 aromatic heterocycles. The van der Waals surface area contributed by atoms with Gasteiger partial charge in [0.2, 0.25) is 5.91 Å². The van der Waals surface area contributed by atoms with Gasteiger partial charge in [-0.25, -0.2) is 4.98 Å². The monoisotopic (exact) mass is 393 g/mol. The van der Waals surface area contributed by atoms with E-state index in [9.17, 15) is 4.79 Å². The molecule has 0 fully saturated rings. The van der Waals surface area contributed by atoms with Crippen molar-refractivity contribution < 1.29 is 4.79 Å². The van der Waals surface area contributed by atoms with E-state index in [4.69, 9.17) is 28.9 Å². The molecule has 0 aliphatic rings. The van der Waals surface area contributed by atoms with Crippen LogP contribution in [0.5, 0.6) is 0 Å². The molecule has 0 bridgehead atoms. The first-order chi connectivity index (χ1) is 12.3. The minimum Gasteiger partial charge on any atom is -0.370 e. The topological polar surface area (TPSA) is 92.4 Å². The summed E-state index contributed by atoms with van der Waals surface area (Å²) in [7, 11) is 0. The number of amides is 1. The molecule has 0 saturated heterocycles. The maximum absolute atomic E-state index is 11.9. The highest BCUT2D eigenvalue weighted by Crippen LogP contribution is 2.25. The standard InChI is InChI=1S/C18H21Cl2N5O/c1-11-4-3-5-16(23-11)25-17(26)8-9-22-18(21)24-12(2)14-7-6-13(19)10-15(14)20/h3-7,10,12H,8-9H2,1-2H3,(H3,21,22,24)(H,23,25,26). The van der Waals surface area contributed by atoms with Crippen LogP contribution in [0.2, 0.25) is 10.0 Å². The fraction of sp³-hybridized carbons (Fsp3) is 0.278. The smallest absolute Gasteiger partial charge is 0.227 e. The molecule has 0 spiro atoms. The predicted octanol–water partition coefficient (Wildman–Crippen LogP) is 3.69. The van der Waals surface area contributed by atoms with Crippen LogP contribution in [-0.4, -0.2) is 23.4 Å². The number of hydrogen-bond donors (Lipinski definition) is 3. The van der Waals surface area contributed by atoms with Crippen molar-refractivity contribution in [2.45, 2.75) is 26.3 Å². The number of nitrogens with zero attached hydrogens (tertiary/aromatic N) is 2. The number of guanidine groups is 1.